The molecule has 0 aliphatic heterocycles. The topological polar surface area (TPSA) is 47.1 Å². The van der Waals surface area contributed by atoms with Gasteiger partial charge in [-0.15, -0.1) is 0 Å². The van der Waals surface area contributed by atoms with Crippen molar-refractivity contribution in [1.82, 2.24) is 14.5 Å². The van der Waals surface area contributed by atoms with Crippen LogP contribution in [0.4, 0.5) is 0 Å². The fraction of sp³-hybridized carbons (Fsp3) is 0.769. The van der Waals surface area contributed by atoms with Crippen LogP contribution in [0, 0.1) is 5.92 Å². The van der Waals surface area contributed by atoms with Crippen LogP contribution >= 0.6 is 0 Å². The van der Waals surface area contributed by atoms with Gasteiger partial charge in [0.2, 0.25) is 0 Å². The Hall–Kier alpha value is -0.870. The molecule has 17 heavy (non-hydrogen) atoms. The third-order valence-corrected chi connectivity index (χ3v) is 2.88. The van der Waals surface area contributed by atoms with E-state index in [-0.39, 0.29) is 6.04 Å². The fourth-order valence-corrected chi connectivity index (χ4v) is 2.21. The Kier molecular flexibility index (Phi) is 5.15. The Bertz CT molecular complexity index is 318. The molecule has 1 rings (SSSR count). The van der Waals surface area contributed by atoms with Gasteiger partial charge in [-0.05, 0) is 33.4 Å². The Morgan fingerprint density at radius 2 is 2.00 bits per heavy atom. The summed E-state index contributed by atoms with van der Waals surface area (Å²) in [6.45, 7) is 7.54. The number of hydrogen-bond donors (Lipinski definition) is 1. The molecule has 0 spiro atoms. The molecule has 1 aromatic rings. The fourth-order valence-electron chi connectivity index (χ4n) is 2.21. The van der Waals surface area contributed by atoms with Gasteiger partial charge in [-0.25, -0.2) is 4.98 Å². The van der Waals surface area contributed by atoms with Gasteiger partial charge in [0.25, 0.3) is 0 Å². The smallest absolute Gasteiger partial charge is 0.0951 e. The standard InChI is InChI=1S/C13H26N4/c1-10(2)6-12(8-16(4)5)17-9-15-7-13(17)11(3)14/h7,9-12H,6,8,14H2,1-5H3. The van der Waals surface area contributed by atoms with E-state index in [9.17, 15) is 0 Å². The first-order chi connectivity index (χ1) is 7.91. The van der Waals surface area contributed by atoms with E-state index < -0.39 is 0 Å². The normalized spacial score (nSPS) is 15.5. The predicted molar refractivity (Wildman–Crippen MR) is 71.9 cm³/mol. The summed E-state index contributed by atoms with van der Waals surface area (Å²) in [6.07, 6.45) is 4.94. The third kappa shape index (κ3) is 4.13. The number of likely N-dealkylation sites (N-methyl/N-ethyl adjacent to an activating group) is 1. The van der Waals surface area contributed by atoms with Gasteiger partial charge >= 0.3 is 0 Å². The Labute approximate surface area is 105 Å². The summed E-state index contributed by atoms with van der Waals surface area (Å²) >= 11 is 0. The van der Waals surface area contributed by atoms with E-state index in [0.29, 0.717) is 12.0 Å². The maximum absolute atomic E-state index is 5.98. The van der Waals surface area contributed by atoms with Gasteiger partial charge in [0, 0.05) is 24.8 Å². The van der Waals surface area contributed by atoms with E-state index >= 15 is 0 Å². The van der Waals surface area contributed by atoms with Crippen molar-refractivity contribution in [2.75, 3.05) is 20.6 Å². The highest BCUT2D eigenvalue weighted by atomic mass is 15.2. The molecule has 0 aliphatic carbocycles. The predicted octanol–water partition coefficient (Wildman–Crippen LogP) is 2.05. The summed E-state index contributed by atoms with van der Waals surface area (Å²) in [5.74, 6) is 0.670. The van der Waals surface area contributed by atoms with E-state index in [1.165, 1.54) is 0 Å². The zero-order chi connectivity index (χ0) is 13.0. The van der Waals surface area contributed by atoms with Crippen LogP contribution in [0.1, 0.15) is 45.0 Å². The highest BCUT2D eigenvalue weighted by Gasteiger charge is 2.18. The molecule has 0 saturated heterocycles. The Morgan fingerprint density at radius 1 is 1.35 bits per heavy atom. The largest absolute Gasteiger partial charge is 0.329 e. The van der Waals surface area contributed by atoms with Crippen LogP contribution < -0.4 is 5.73 Å². The lowest BCUT2D eigenvalue weighted by Gasteiger charge is -2.26. The van der Waals surface area contributed by atoms with Gasteiger partial charge in [-0.2, -0.15) is 0 Å². The second-order valence-electron chi connectivity index (χ2n) is 5.56. The second-order valence-corrected chi connectivity index (χ2v) is 5.56. The summed E-state index contributed by atoms with van der Waals surface area (Å²) < 4.78 is 2.24. The first-order valence-corrected chi connectivity index (χ1v) is 6.33. The van der Waals surface area contributed by atoms with Crippen molar-refractivity contribution in [1.29, 1.82) is 0 Å². The van der Waals surface area contributed by atoms with Crippen LogP contribution in [0.3, 0.4) is 0 Å². The van der Waals surface area contributed by atoms with Gasteiger partial charge in [0.05, 0.1) is 12.0 Å². The van der Waals surface area contributed by atoms with Crippen molar-refractivity contribution < 1.29 is 0 Å². The van der Waals surface area contributed by atoms with Crippen molar-refractivity contribution >= 4 is 0 Å². The molecule has 98 valence electrons. The SMILES string of the molecule is CC(C)CC(CN(C)C)n1cncc1C(C)N. The molecule has 2 unspecified atom stereocenters. The Balaban J connectivity index is 2.91. The maximum atomic E-state index is 5.98. The van der Waals surface area contributed by atoms with Crippen LogP contribution in [0.25, 0.3) is 0 Å². The summed E-state index contributed by atoms with van der Waals surface area (Å²) in [7, 11) is 4.21. The molecule has 0 amide bonds. The van der Waals surface area contributed by atoms with E-state index in [1.807, 2.05) is 19.4 Å². The van der Waals surface area contributed by atoms with Crippen LogP contribution in [-0.2, 0) is 0 Å². The summed E-state index contributed by atoms with van der Waals surface area (Å²) in [5, 5.41) is 0. The number of nitrogens with two attached hydrogens (primary N) is 1. The number of aromatic nitrogens is 2. The minimum atomic E-state index is 0.0364. The van der Waals surface area contributed by atoms with Crippen LogP contribution in [0.5, 0.6) is 0 Å². The molecule has 1 aromatic heterocycles. The number of hydrogen-bond acceptors (Lipinski definition) is 3. The van der Waals surface area contributed by atoms with E-state index in [2.05, 4.69) is 42.4 Å². The average molecular weight is 238 g/mol. The monoisotopic (exact) mass is 238 g/mol. The third-order valence-electron chi connectivity index (χ3n) is 2.88. The molecule has 1 heterocycles. The number of rotatable bonds is 6. The Morgan fingerprint density at radius 3 is 2.47 bits per heavy atom. The lowest BCUT2D eigenvalue weighted by molar-refractivity contribution is 0.283. The minimum Gasteiger partial charge on any atom is -0.329 e. The van der Waals surface area contributed by atoms with Gasteiger partial charge in [-0.3, -0.25) is 0 Å². The number of nitrogens with zero attached hydrogens (tertiary/aromatic N) is 3. The molecule has 4 nitrogen and oxygen atoms in total. The van der Waals surface area contributed by atoms with Gasteiger partial charge < -0.3 is 15.2 Å². The van der Waals surface area contributed by atoms with E-state index in [0.717, 1.165) is 18.7 Å². The van der Waals surface area contributed by atoms with Crippen LogP contribution in [0.15, 0.2) is 12.5 Å². The molecule has 0 saturated carbocycles. The summed E-state index contributed by atoms with van der Waals surface area (Å²) in [5.41, 5.74) is 7.11. The van der Waals surface area contributed by atoms with Crippen molar-refractivity contribution in [3.8, 4) is 0 Å². The van der Waals surface area contributed by atoms with Gasteiger partial charge in [0.1, 0.15) is 0 Å². The van der Waals surface area contributed by atoms with Crippen LogP contribution in [-0.4, -0.2) is 35.1 Å². The van der Waals surface area contributed by atoms with E-state index in [4.69, 9.17) is 5.73 Å². The lowest BCUT2D eigenvalue weighted by Crippen LogP contribution is -2.27. The van der Waals surface area contributed by atoms with Gasteiger partial charge in [0.15, 0.2) is 0 Å². The highest BCUT2D eigenvalue weighted by molar-refractivity contribution is 5.05. The molecule has 0 radical (unpaired) electrons. The molecular formula is C13H26N4. The molecule has 0 fully saturated rings. The van der Waals surface area contributed by atoms with Crippen molar-refractivity contribution in [2.45, 2.75) is 39.3 Å². The minimum absolute atomic E-state index is 0.0364. The molecule has 2 N–H and O–H groups in total. The second kappa shape index (κ2) is 6.17. The molecule has 0 aliphatic rings. The zero-order valence-corrected chi connectivity index (χ0v) is 11.7. The molecule has 2 atom stereocenters. The summed E-state index contributed by atoms with van der Waals surface area (Å²) in [4.78, 5) is 6.46. The van der Waals surface area contributed by atoms with Gasteiger partial charge in [-0.1, -0.05) is 13.8 Å². The first-order valence-electron chi connectivity index (χ1n) is 6.33. The van der Waals surface area contributed by atoms with Crippen molar-refractivity contribution in [2.24, 2.45) is 11.7 Å². The highest BCUT2D eigenvalue weighted by Crippen LogP contribution is 2.22. The lowest BCUT2D eigenvalue weighted by atomic mass is 10.0. The average Bonchev–Trinajstić information content (AvgIpc) is 2.62. The molecule has 4 heteroatoms. The summed E-state index contributed by atoms with van der Waals surface area (Å²) in [6, 6.07) is 0.489. The van der Waals surface area contributed by atoms with Crippen LogP contribution in [0.2, 0.25) is 0 Å². The van der Waals surface area contributed by atoms with E-state index in [1.54, 1.807) is 0 Å². The van der Waals surface area contributed by atoms with Crippen molar-refractivity contribution in [3.63, 3.8) is 0 Å². The number of imidazole rings is 1. The quantitative estimate of drug-likeness (QED) is 0.825. The molecular weight excluding hydrogens is 212 g/mol. The molecule has 0 bridgehead atoms. The maximum Gasteiger partial charge on any atom is 0.0951 e. The van der Waals surface area contributed by atoms with Crippen molar-refractivity contribution in [3.05, 3.63) is 18.2 Å². The first kappa shape index (κ1) is 14.2. The zero-order valence-electron chi connectivity index (χ0n) is 11.7. The molecule has 0 aromatic carbocycles.